The number of nitrogens with zero attached hydrogens (tertiary/aromatic N) is 2. The van der Waals surface area contributed by atoms with Crippen molar-refractivity contribution in [2.24, 2.45) is 0 Å². The van der Waals surface area contributed by atoms with E-state index < -0.39 is 0 Å². The molecule has 3 rings (SSSR count). The van der Waals surface area contributed by atoms with Crippen LogP contribution in [0.4, 0.5) is 0 Å². The fourth-order valence-corrected chi connectivity index (χ4v) is 3.95. The van der Waals surface area contributed by atoms with Crippen molar-refractivity contribution in [1.82, 2.24) is 15.5 Å². The second kappa shape index (κ2) is 6.67. The molecule has 0 fully saturated rings. The quantitative estimate of drug-likeness (QED) is 0.911. The van der Waals surface area contributed by atoms with Gasteiger partial charge in [-0.25, -0.2) is 0 Å². The van der Waals surface area contributed by atoms with Crippen molar-refractivity contribution < 1.29 is 0 Å². The van der Waals surface area contributed by atoms with E-state index >= 15 is 0 Å². The smallest absolute Gasteiger partial charge is 0.134 e. The largest absolute Gasteiger partial charge is 0.308 e. The van der Waals surface area contributed by atoms with E-state index in [4.69, 9.17) is 0 Å². The maximum absolute atomic E-state index is 4.47. The van der Waals surface area contributed by atoms with E-state index in [0.717, 1.165) is 24.4 Å². The summed E-state index contributed by atoms with van der Waals surface area (Å²) in [5.74, 6) is 0.546. The van der Waals surface area contributed by atoms with Crippen LogP contribution < -0.4 is 5.32 Å². The number of aromatic nitrogens is 2. The number of hydrogen-bond donors (Lipinski definition) is 1. The Morgan fingerprint density at radius 1 is 1.29 bits per heavy atom. The summed E-state index contributed by atoms with van der Waals surface area (Å²) in [6, 6.07) is 9.11. The summed E-state index contributed by atoms with van der Waals surface area (Å²) in [5.41, 5.74) is 3.00. The second-order valence-corrected chi connectivity index (χ2v) is 6.90. The van der Waals surface area contributed by atoms with Crippen molar-refractivity contribution in [2.75, 3.05) is 6.54 Å². The van der Waals surface area contributed by atoms with Gasteiger partial charge in [0.2, 0.25) is 0 Å². The van der Waals surface area contributed by atoms with Crippen LogP contribution >= 0.6 is 11.3 Å². The molecule has 2 aromatic rings. The Morgan fingerprint density at radius 3 is 2.90 bits per heavy atom. The number of nitrogens with one attached hydrogen (secondary N) is 1. The Labute approximate surface area is 130 Å². The number of rotatable bonds is 5. The number of benzene rings is 1. The van der Waals surface area contributed by atoms with Crippen molar-refractivity contribution in [3.8, 4) is 0 Å². The van der Waals surface area contributed by atoms with Crippen molar-refractivity contribution in [1.29, 1.82) is 0 Å². The summed E-state index contributed by atoms with van der Waals surface area (Å²) >= 11 is 1.79. The van der Waals surface area contributed by atoms with E-state index in [9.17, 15) is 0 Å². The lowest BCUT2D eigenvalue weighted by Gasteiger charge is -2.22. The third-order valence-corrected chi connectivity index (χ3v) is 5.49. The van der Waals surface area contributed by atoms with Crippen LogP contribution in [0, 0.1) is 0 Å². The van der Waals surface area contributed by atoms with E-state index in [2.05, 4.69) is 53.6 Å². The Bertz CT molecular complexity index is 593. The SMILES string of the molecule is CCCNC(C)c1nnc(C2CCc3ccccc3C2)s1. The van der Waals surface area contributed by atoms with E-state index in [1.165, 1.54) is 29.0 Å². The molecule has 2 unspecified atom stereocenters. The minimum atomic E-state index is 0.312. The molecule has 1 heterocycles. The van der Waals surface area contributed by atoms with Gasteiger partial charge in [-0.2, -0.15) is 0 Å². The standard InChI is InChI=1S/C17H23N3S/c1-3-10-18-12(2)16-19-20-17(21-16)15-9-8-13-6-4-5-7-14(13)11-15/h4-7,12,15,18H,3,8-11H2,1-2H3. The van der Waals surface area contributed by atoms with Gasteiger partial charge in [0.15, 0.2) is 0 Å². The van der Waals surface area contributed by atoms with Gasteiger partial charge in [0.25, 0.3) is 0 Å². The van der Waals surface area contributed by atoms with Crippen LogP contribution in [0.3, 0.4) is 0 Å². The van der Waals surface area contributed by atoms with Gasteiger partial charge in [0, 0.05) is 5.92 Å². The summed E-state index contributed by atoms with van der Waals surface area (Å²) in [6.45, 7) is 5.40. The van der Waals surface area contributed by atoms with Crippen LogP contribution in [0.25, 0.3) is 0 Å². The van der Waals surface area contributed by atoms with Crippen LogP contribution in [0.5, 0.6) is 0 Å². The van der Waals surface area contributed by atoms with Gasteiger partial charge in [-0.05, 0) is 50.3 Å². The van der Waals surface area contributed by atoms with E-state index in [1.807, 2.05) is 0 Å². The summed E-state index contributed by atoms with van der Waals surface area (Å²) in [5, 5.41) is 14.7. The molecule has 3 nitrogen and oxygen atoms in total. The lowest BCUT2D eigenvalue weighted by Crippen LogP contribution is -2.19. The third kappa shape index (κ3) is 3.33. The monoisotopic (exact) mass is 301 g/mol. The lowest BCUT2D eigenvalue weighted by atomic mass is 9.84. The highest BCUT2D eigenvalue weighted by atomic mass is 32.1. The van der Waals surface area contributed by atoms with E-state index in [0.29, 0.717) is 12.0 Å². The molecule has 0 spiro atoms. The molecule has 1 N–H and O–H groups in total. The van der Waals surface area contributed by atoms with Gasteiger partial charge in [0.1, 0.15) is 10.0 Å². The fraction of sp³-hybridized carbons (Fsp3) is 0.529. The molecule has 0 bridgehead atoms. The average Bonchev–Trinajstić information content (AvgIpc) is 3.02. The van der Waals surface area contributed by atoms with Crippen LogP contribution in [-0.2, 0) is 12.8 Å². The van der Waals surface area contributed by atoms with Gasteiger partial charge >= 0.3 is 0 Å². The number of fused-ring (bicyclic) bond motifs is 1. The highest BCUT2D eigenvalue weighted by Crippen LogP contribution is 2.34. The van der Waals surface area contributed by atoms with Gasteiger partial charge in [-0.3, -0.25) is 0 Å². The van der Waals surface area contributed by atoms with Crippen molar-refractivity contribution >= 4 is 11.3 Å². The number of aryl methyl sites for hydroxylation is 1. The second-order valence-electron chi connectivity index (χ2n) is 5.86. The highest BCUT2D eigenvalue weighted by Gasteiger charge is 2.23. The summed E-state index contributed by atoms with van der Waals surface area (Å²) < 4.78 is 0. The minimum Gasteiger partial charge on any atom is -0.308 e. The van der Waals surface area contributed by atoms with Crippen molar-refractivity contribution in [3.63, 3.8) is 0 Å². The zero-order chi connectivity index (χ0) is 14.7. The zero-order valence-corrected chi connectivity index (χ0v) is 13.6. The topological polar surface area (TPSA) is 37.8 Å². The molecule has 1 aromatic heterocycles. The highest BCUT2D eigenvalue weighted by molar-refractivity contribution is 7.11. The van der Waals surface area contributed by atoms with Crippen LogP contribution in [0.1, 0.15) is 59.8 Å². The minimum absolute atomic E-state index is 0.312. The van der Waals surface area contributed by atoms with Gasteiger partial charge < -0.3 is 5.32 Å². The number of hydrogen-bond acceptors (Lipinski definition) is 4. The maximum Gasteiger partial charge on any atom is 0.134 e. The first kappa shape index (κ1) is 14.7. The predicted molar refractivity (Wildman–Crippen MR) is 87.8 cm³/mol. The first-order valence-corrected chi connectivity index (χ1v) is 8.73. The van der Waals surface area contributed by atoms with Crippen LogP contribution in [0.2, 0.25) is 0 Å². The molecule has 0 aliphatic heterocycles. The Kier molecular flexibility index (Phi) is 4.66. The molecule has 112 valence electrons. The molecular weight excluding hydrogens is 278 g/mol. The first-order valence-electron chi connectivity index (χ1n) is 7.91. The van der Waals surface area contributed by atoms with E-state index in [-0.39, 0.29) is 0 Å². The van der Waals surface area contributed by atoms with E-state index in [1.54, 1.807) is 11.3 Å². The fourth-order valence-electron chi connectivity index (χ4n) is 2.94. The first-order chi connectivity index (χ1) is 10.3. The summed E-state index contributed by atoms with van der Waals surface area (Å²) in [4.78, 5) is 0. The average molecular weight is 301 g/mol. The third-order valence-electron chi connectivity index (χ3n) is 4.22. The van der Waals surface area contributed by atoms with Crippen molar-refractivity contribution in [2.45, 2.75) is 51.5 Å². The molecule has 0 radical (unpaired) electrons. The lowest BCUT2D eigenvalue weighted by molar-refractivity contribution is 0.559. The molecular formula is C17H23N3S. The molecule has 21 heavy (non-hydrogen) atoms. The predicted octanol–water partition coefficient (Wildman–Crippen LogP) is 3.87. The molecule has 2 atom stereocenters. The molecule has 1 aromatic carbocycles. The summed E-state index contributed by atoms with van der Waals surface area (Å²) in [7, 11) is 0. The molecule has 0 amide bonds. The molecule has 1 aliphatic rings. The summed E-state index contributed by atoms with van der Waals surface area (Å²) in [6.07, 6.45) is 4.62. The van der Waals surface area contributed by atoms with Gasteiger partial charge in [-0.1, -0.05) is 42.5 Å². The Hall–Kier alpha value is -1.26. The maximum atomic E-state index is 4.47. The molecule has 0 saturated heterocycles. The molecule has 1 aliphatic carbocycles. The van der Waals surface area contributed by atoms with Crippen LogP contribution in [-0.4, -0.2) is 16.7 Å². The van der Waals surface area contributed by atoms with Crippen molar-refractivity contribution in [3.05, 3.63) is 45.4 Å². The Morgan fingerprint density at radius 2 is 2.10 bits per heavy atom. The van der Waals surface area contributed by atoms with Crippen LogP contribution in [0.15, 0.2) is 24.3 Å². The molecule has 4 heteroatoms. The van der Waals surface area contributed by atoms with Gasteiger partial charge in [0.05, 0.1) is 6.04 Å². The molecule has 0 saturated carbocycles. The normalized spacial score (nSPS) is 19.2. The van der Waals surface area contributed by atoms with Gasteiger partial charge in [-0.15, -0.1) is 10.2 Å². The Balaban J connectivity index is 1.70. The zero-order valence-electron chi connectivity index (χ0n) is 12.8.